The molecule has 5 rings (SSSR count). The molecule has 9 heteroatoms. The summed E-state index contributed by atoms with van der Waals surface area (Å²) < 4.78 is 6.24. The maximum absolute atomic E-state index is 14.4. The number of nitrogens with two attached hydrogens (primary N) is 1. The van der Waals surface area contributed by atoms with Crippen LogP contribution in [0.1, 0.15) is 34.1 Å². The average Bonchev–Trinajstić information content (AvgIpc) is 3.34. The molecule has 8 atom stereocenters. The van der Waals surface area contributed by atoms with Crippen molar-refractivity contribution in [1.29, 1.82) is 0 Å². The standard InChI is InChI=1S/C27H37AsN2O5.CH4O/c1-15-13-27-16(2)11-21-26(3,4)28(21)18(25(27)32)12-17(14-29)23(31)22(27)24(15)34-35-30(5)19-9-7-8-10-20(19)33-6;1-2/h7-10,12-13,16,18,21-24,31H,11,14,29H2,1-6H3;2H,1H3/t16-,18?,21?,22?,23?,24?,27?,28?;/m1./s1. The van der Waals surface area contributed by atoms with Crippen molar-refractivity contribution in [1.82, 2.24) is 0 Å². The predicted molar refractivity (Wildman–Crippen MR) is 144 cm³/mol. The number of carbonyl (C=O) groups excluding carboxylic acids is 1. The molecule has 2 aliphatic heterocycles. The first kappa shape index (κ1) is 28.3. The number of benzene rings is 1. The SMILES string of the molecule is CO.COc1ccccc1N(C)OOC1C(C)=CC23C(=O)C(C=C(CN)C(O)C12)[As]1C(C[C@H]3C)C1(C)C. The molecule has 4 aliphatic rings. The Labute approximate surface area is 224 Å². The van der Waals surface area contributed by atoms with Gasteiger partial charge in [-0.25, -0.2) is 0 Å². The molecule has 1 aromatic rings. The van der Waals surface area contributed by atoms with Crippen molar-refractivity contribution in [2.75, 3.05) is 32.9 Å². The molecule has 0 saturated carbocycles. The molecule has 0 aromatic heterocycles. The fourth-order valence-electron chi connectivity index (χ4n) is 6.98. The maximum atomic E-state index is 14.4. The summed E-state index contributed by atoms with van der Waals surface area (Å²) in [4.78, 5) is 26.2. The van der Waals surface area contributed by atoms with Crippen LogP contribution in [-0.2, 0) is 14.7 Å². The number of hydrogen-bond donors (Lipinski definition) is 3. The zero-order chi connectivity index (χ0) is 27.3. The molecule has 1 aromatic carbocycles. The van der Waals surface area contributed by atoms with Gasteiger partial charge in [-0.05, 0) is 0 Å². The fraction of sp³-hybridized carbons (Fsp3) is 0.607. The van der Waals surface area contributed by atoms with E-state index in [0.29, 0.717) is 16.1 Å². The Balaban J connectivity index is 0.00000156. The predicted octanol–water partition coefficient (Wildman–Crippen LogP) is 3.43. The van der Waals surface area contributed by atoms with E-state index in [9.17, 15) is 9.90 Å². The van der Waals surface area contributed by atoms with Crippen molar-refractivity contribution in [2.24, 2.45) is 23.0 Å². The van der Waals surface area contributed by atoms with Gasteiger partial charge in [0.05, 0.1) is 0 Å². The number of nitrogens with zero attached hydrogens (tertiary/aromatic N) is 1. The third-order valence-corrected chi connectivity index (χ3v) is 17.1. The van der Waals surface area contributed by atoms with E-state index in [1.807, 2.05) is 31.2 Å². The number of allylic oxidation sites excluding steroid dienone is 2. The average molecular weight is 577 g/mol. The summed E-state index contributed by atoms with van der Waals surface area (Å²) in [6.07, 6.45) is 3.71. The van der Waals surface area contributed by atoms with Crippen LogP contribution in [0.3, 0.4) is 0 Å². The molecule has 0 radical (unpaired) electrons. The van der Waals surface area contributed by atoms with Gasteiger partial charge in [0.2, 0.25) is 0 Å². The number of para-hydroxylation sites is 2. The van der Waals surface area contributed by atoms with Gasteiger partial charge in [-0.3, -0.25) is 0 Å². The van der Waals surface area contributed by atoms with E-state index < -0.39 is 38.2 Å². The first-order valence-electron chi connectivity index (χ1n) is 12.8. The third kappa shape index (κ3) is 4.30. The number of hydroxylamine groups is 1. The summed E-state index contributed by atoms with van der Waals surface area (Å²) in [6.45, 7) is 9.04. The van der Waals surface area contributed by atoms with Gasteiger partial charge in [-0.2, -0.15) is 0 Å². The Bertz CT molecular complexity index is 1090. The Morgan fingerprint density at radius 2 is 1.92 bits per heavy atom. The van der Waals surface area contributed by atoms with Crippen molar-refractivity contribution in [3.05, 3.63) is 47.6 Å². The topological polar surface area (TPSA) is 114 Å². The molecule has 2 fully saturated rings. The number of ether oxygens (including phenoxy) is 1. The van der Waals surface area contributed by atoms with Crippen LogP contribution in [0.15, 0.2) is 47.6 Å². The van der Waals surface area contributed by atoms with E-state index >= 15 is 0 Å². The van der Waals surface area contributed by atoms with Crippen molar-refractivity contribution < 1.29 is 29.6 Å². The zero-order valence-electron chi connectivity index (χ0n) is 22.8. The van der Waals surface area contributed by atoms with Crippen molar-refractivity contribution in [3.63, 3.8) is 0 Å². The minimum absolute atomic E-state index is 0.0920. The number of methoxy groups -OCH3 is 1. The monoisotopic (exact) mass is 576 g/mol. The number of aliphatic hydroxyl groups is 2. The fourth-order valence-corrected chi connectivity index (χ4v) is 15.6. The second-order valence-corrected chi connectivity index (χ2v) is 17.6. The second-order valence-electron chi connectivity index (χ2n) is 11.0. The Morgan fingerprint density at radius 3 is 2.57 bits per heavy atom. The van der Waals surface area contributed by atoms with Crippen LogP contribution >= 0.6 is 0 Å². The first-order chi connectivity index (χ1) is 17.6. The number of ketones is 1. The van der Waals surface area contributed by atoms with Crippen LogP contribution in [0.5, 0.6) is 5.75 Å². The van der Waals surface area contributed by atoms with Gasteiger partial charge in [-0.15, -0.1) is 0 Å². The molecule has 0 amide bonds. The Hall–Kier alpha value is -1.67. The minimum atomic E-state index is -1.47. The van der Waals surface area contributed by atoms with Gasteiger partial charge in [-0.1, -0.05) is 0 Å². The number of anilines is 1. The molecule has 204 valence electrons. The third-order valence-electron chi connectivity index (χ3n) is 8.94. The van der Waals surface area contributed by atoms with Crippen molar-refractivity contribution in [3.8, 4) is 5.75 Å². The molecule has 2 saturated heterocycles. The normalized spacial score (nSPS) is 37.0. The number of fused-ring (bicyclic) bond motifs is 3. The number of Topliss-reactive ketones (excluding diaryl/α,β-unsaturated/α-hetero) is 1. The van der Waals surface area contributed by atoms with E-state index in [-0.39, 0.29) is 27.2 Å². The second kappa shape index (κ2) is 10.5. The van der Waals surface area contributed by atoms with E-state index in [0.717, 1.165) is 24.7 Å². The molecule has 8 nitrogen and oxygen atoms in total. The number of carbonyl (C=O) groups is 1. The number of rotatable bonds is 6. The number of hydrogen-bond acceptors (Lipinski definition) is 8. The Morgan fingerprint density at radius 1 is 1.24 bits per heavy atom. The molecular formula is C28H41AsN2O6. The van der Waals surface area contributed by atoms with Gasteiger partial charge in [0.25, 0.3) is 0 Å². The summed E-state index contributed by atoms with van der Waals surface area (Å²) in [7, 11) is 4.35. The molecule has 7 unspecified atom stereocenters. The van der Waals surface area contributed by atoms with E-state index in [4.69, 9.17) is 25.5 Å². The van der Waals surface area contributed by atoms with Crippen LogP contribution in [0.4, 0.5) is 5.69 Å². The van der Waals surface area contributed by atoms with Crippen molar-refractivity contribution >= 4 is 26.1 Å². The van der Waals surface area contributed by atoms with Crippen LogP contribution in [-0.4, -0.2) is 70.7 Å². The van der Waals surface area contributed by atoms with E-state index in [1.54, 1.807) is 14.2 Å². The van der Waals surface area contributed by atoms with Gasteiger partial charge in [0, 0.05) is 7.11 Å². The summed E-state index contributed by atoms with van der Waals surface area (Å²) in [5.41, 5.74) is 7.75. The van der Waals surface area contributed by atoms with E-state index in [1.165, 1.54) is 5.06 Å². The van der Waals surface area contributed by atoms with Crippen LogP contribution in [0.2, 0.25) is 13.6 Å². The van der Waals surface area contributed by atoms with Crippen molar-refractivity contribution in [2.45, 2.75) is 59.9 Å². The quantitative estimate of drug-likeness (QED) is 0.204. The molecule has 1 spiro atoms. The molecule has 2 heterocycles. The number of aliphatic hydroxyl groups excluding tert-OH is 2. The molecule has 2 bridgehead atoms. The van der Waals surface area contributed by atoms with Crippen LogP contribution in [0.25, 0.3) is 0 Å². The molecular weight excluding hydrogens is 535 g/mol. The Kier molecular flexibility index (Phi) is 8.02. The molecule has 4 N–H and O–H groups in total. The van der Waals surface area contributed by atoms with E-state index in [2.05, 4.69) is 32.9 Å². The summed E-state index contributed by atoms with van der Waals surface area (Å²) in [5, 5.41) is 20.2. The summed E-state index contributed by atoms with van der Waals surface area (Å²) >= 11 is -1.47. The zero-order valence-corrected chi connectivity index (χ0v) is 24.7. The van der Waals surface area contributed by atoms with Gasteiger partial charge in [0.15, 0.2) is 0 Å². The van der Waals surface area contributed by atoms with Gasteiger partial charge in [0.1, 0.15) is 0 Å². The van der Waals surface area contributed by atoms with Gasteiger partial charge >= 0.3 is 213 Å². The first-order valence-corrected chi connectivity index (χ1v) is 16.0. The summed E-state index contributed by atoms with van der Waals surface area (Å²) in [5.74, 6) is 0.532. The van der Waals surface area contributed by atoms with Gasteiger partial charge < -0.3 is 5.11 Å². The van der Waals surface area contributed by atoms with Crippen LogP contribution in [0, 0.1) is 17.3 Å². The molecule has 37 heavy (non-hydrogen) atoms. The van der Waals surface area contributed by atoms with Crippen LogP contribution < -0.4 is 15.5 Å². The summed E-state index contributed by atoms with van der Waals surface area (Å²) in [6, 6.07) is 7.50. The molecule has 2 aliphatic carbocycles.